The van der Waals surface area contributed by atoms with Crippen molar-refractivity contribution in [3.05, 3.63) is 52.7 Å². The van der Waals surface area contributed by atoms with Crippen LogP contribution in [0.5, 0.6) is 11.5 Å². The van der Waals surface area contributed by atoms with E-state index in [0.29, 0.717) is 22.9 Å². The number of carbonyl (C=O) groups is 3. The molecule has 8 nitrogen and oxygen atoms in total. The first kappa shape index (κ1) is 18.1. The molecule has 3 amide bonds. The summed E-state index contributed by atoms with van der Waals surface area (Å²) in [4.78, 5) is 42.4. The Balaban J connectivity index is 1.43. The van der Waals surface area contributed by atoms with Crippen molar-refractivity contribution in [3.8, 4) is 11.5 Å². The Morgan fingerprint density at radius 3 is 2.89 bits per heavy atom. The van der Waals surface area contributed by atoms with Gasteiger partial charge in [0.25, 0.3) is 11.1 Å². The molecule has 0 bridgehead atoms. The summed E-state index contributed by atoms with van der Waals surface area (Å²) in [6, 6.07) is 10.4. The molecule has 3 heterocycles. The number of carbonyl (C=O) groups excluding carboxylic acids is 3. The zero-order chi connectivity index (χ0) is 19.7. The van der Waals surface area contributed by atoms with Gasteiger partial charge < -0.3 is 14.8 Å². The predicted molar refractivity (Wildman–Crippen MR) is 103 cm³/mol. The number of thioether (sulfide) groups is 1. The van der Waals surface area contributed by atoms with E-state index in [1.54, 1.807) is 30.3 Å². The van der Waals surface area contributed by atoms with E-state index in [1.807, 2.05) is 19.1 Å². The van der Waals surface area contributed by atoms with Crippen LogP contribution in [0.1, 0.15) is 11.4 Å². The molecule has 1 N–H and O–H groups in total. The quantitative estimate of drug-likeness (QED) is 0.792. The Morgan fingerprint density at radius 1 is 1.25 bits per heavy atom. The lowest BCUT2D eigenvalue weighted by Crippen LogP contribution is -2.36. The third kappa shape index (κ3) is 3.70. The largest absolute Gasteiger partial charge is 0.454 e. The van der Waals surface area contributed by atoms with Gasteiger partial charge in [-0.25, -0.2) is 0 Å². The van der Waals surface area contributed by atoms with Gasteiger partial charge in [-0.15, -0.1) is 0 Å². The molecule has 1 aromatic carbocycles. The number of ether oxygens (including phenoxy) is 2. The monoisotopic (exact) mass is 397 g/mol. The zero-order valence-electron chi connectivity index (χ0n) is 14.8. The fourth-order valence-corrected chi connectivity index (χ4v) is 3.56. The number of pyridine rings is 1. The van der Waals surface area contributed by atoms with Crippen LogP contribution in [0.2, 0.25) is 0 Å². The van der Waals surface area contributed by atoms with Crippen molar-refractivity contribution >= 4 is 40.6 Å². The first-order valence-electron chi connectivity index (χ1n) is 8.38. The van der Waals surface area contributed by atoms with Crippen LogP contribution >= 0.6 is 11.8 Å². The number of hydrogen-bond acceptors (Lipinski definition) is 7. The first-order valence-corrected chi connectivity index (χ1v) is 9.20. The van der Waals surface area contributed by atoms with Gasteiger partial charge >= 0.3 is 0 Å². The highest BCUT2D eigenvalue weighted by Crippen LogP contribution is 2.34. The van der Waals surface area contributed by atoms with Crippen molar-refractivity contribution in [2.24, 2.45) is 0 Å². The summed E-state index contributed by atoms with van der Waals surface area (Å²) in [6.45, 7) is 1.59. The van der Waals surface area contributed by atoms with Crippen LogP contribution in [0.15, 0.2) is 41.3 Å². The zero-order valence-corrected chi connectivity index (χ0v) is 15.6. The lowest BCUT2D eigenvalue weighted by molar-refractivity contribution is -0.127. The van der Waals surface area contributed by atoms with E-state index in [1.165, 1.54) is 0 Å². The second-order valence-corrected chi connectivity index (χ2v) is 7.08. The summed E-state index contributed by atoms with van der Waals surface area (Å²) >= 11 is 0.789. The van der Waals surface area contributed by atoms with Crippen molar-refractivity contribution in [2.75, 3.05) is 18.7 Å². The van der Waals surface area contributed by atoms with Crippen LogP contribution in [0, 0.1) is 6.92 Å². The normalized spacial score (nSPS) is 16.8. The highest BCUT2D eigenvalue weighted by atomic mass is 32.2. The Hall–Kier alpha value is -3.33. The van der Waals surface area contributed by atoms with Crippen molar-refractivity contribution in [2.45, 2.75) is 6.92 Å². The van der Waals surface area contributed by atoms with E-state index in [2.05, 4.69) is 10.3 Å². The third-order valence-electron chi connectivity index (χ3n) is 4.02. The second kappa shape index (κ2) is 7.35. The molecular weight excluding hydrogens is 382 g/mol. The van der Waals surface area contributed by atoms with E-state index in [0.717, 1.165) is 22.4 Å². The van der Waals surface area contributed by atoms with E-state index in [-0.39, 0.29) is 18.2 Å². The molecule has 0 unspecified atom stereocenters. The summed E-state index contributed by atoms with van der Waals surface area (Å²) < 4.78 is 10.5. The summed E-state index contributed by atoms with van der Waals surface area (Å²) in [5.41, 5.74) is 1.87. The number of rotatable bonds is 4. The molecule has 142 valence electrons. The number of fused-ring (bicyclic) bond motifs is 1. The van der Waals surface area contributed by atoms with Crippen molar-refractivity contribution < 1.29 is 23.9 Å². The van der Waals surface area contributed by atoms with Crippen molar-refractivity contribution in [1.82, 2.24) is 9.88 Å². The van der Waals surface area contributed by atoms with Gasteiger partial charge in [0.1, 0.15) is 6.54 Å². The van der Waals surface area contributed by atoms with Crippen LogP contribution < -0.4 is 14.8 Å². The Bertz CT molecular complexity index is 1020. The van der Waals surface area contributed by atoms with Gasteiger partial charge in [0.2, 0.25) is 12.7 Å². The topological polar surface area (TPSA) is 97.8 Å². The van der Waals surface area contributed by atoms with Gasteiger partial charge in [-0.2, -0.15) is 0 Å². The van der Waals surface area contributed by atoms with Gasteiger partial charge in [0.05, 0.1) is 10.6 Å². The van der Waals surface area contributed by atoms with Gasteiger partial charge in [0.15, 0.2) is 11.5 Å². The molecule has 1 saturated heterocycles. The number of benzene rings is 1. The fourth-order valence-electron chi connectivity index (χ4n) is 2.73. The van der Waals surface area contributed by atoms with Gasteiger partial charge in [0, 0.05) is 17.4 Å². The SMILES string of the molecule is Cc1cccc(/C=C2/SC(=O)N(CC(=O)Nc3ccc4c(c3)OCO4)C2=O)n1. The summed E-state index contributed by atoms with van der Waals surface area (Å²) in [7, 11) is 0. The number of imide groups is 1. The summed E-state index contributed by atoms with van der Waals surface area (Å²) in [5, 5.41) is 2.15. The molecule has 0 spiro atoms. The van der Waals surface area contributed by atoms with E-state index in [9.17, 15) is 14.4 Å². The molecule has 0 atom stereocenters. The highest BCUT2D eigenvalue weighted by Gasteiger charge is 2.36. The van der Waals surface area contributed by atoms with E-state index < -0.39 is 17.1 Å². The molecular formula is C19H15N3O5S. The minimum atomic E-state index is -0.515. The summed E-state index contributed by atoms with van der Waals surface area (Å²) in [6.07, 6.45) is 1.55. The highest BCUT2D eigenvalue weighted by molar-refractivity contribution is 8.18. The number of aromatic nitrogens is 1. The number of nitrogens with zero attached hydrogens (tertiary/aromatic N) is 2. The van der Waals surface area contributed by atoms with E-state index in [4.69, 9.17) is 9.47 Å². The first-order chi connectivity index (χ1) is 13.5. The molecule has 1 fully saturated rings. The maximum absolute atomic E-state index is 12.5. The van der Waals surface area contributed by atoms with Crippen LogP contribution in [-0.4, -0.2) is 40.3 Å². The predicted octanol–water partition coefficient (Wildman–Crippen LogP) is 2.79. The van der Waals surface area contributed by atoms with Crippen LogP contribution in [0.4, 0.5) is 10.5 Å². The lowest BCUT2D eigenvalue weighted by Gasteiger charge is -2.12. The minimum absolute atomic E-state index is 0.131. The standard InChI is InChI=1S/C19H15N3O5S/c1-11-3-2-4-12(20-11)8-16-18(24)22(19(25)28-16)9-17(23)21-13-5-6-14-15(7-13)27-10-26-14/h2-8H,9-10H2,1H3,(H,21,23)/b16-8+. The van der Waals surface area contributed by atoms with Crippen molar-refractivity contribution in [3.63, 3.8) is 0 Å². The molecule has 0 aliphatic carbocycles. The molecule has 4 rings (SSSR count). The van der Waals surface area contributed by atoms with Gasteiger partial charge in [-0.1, -0.05) is 6.07 Å². The van der Waals surface area contributed by atoms with Gasteiger partial charge in [-0.05, 0) is 49.0 Å². The minimum Gasteiger partial charge on any atom is -0.454 e. The number of nitrogens with one attached hydrogen (secondary N) is 1. The molecule has 0 radical (unpaired) electrons. The Kier molecular flexibility index (Phi) is 4.74. The molecule has 2 aliphatic heterocycles. The van der Waals surface area contributed by atoms with Crippen LogP contribution in [0.25, 0.3) is 6.08 Å². The molecule has 2 aliphatic rings. The molecule has 1 aromatic heterocycles. The Labute approximate surface area is 164 Å². The lowest BCUT2D eigenvalue weighted by atomic mass is 10.2. The second-order valence-electron chi connectivity index (χ2n) is 6.09. The van der Waals surface area contributed by atoms with E-state index >= 15 is 0 Å². The number of aryl methyl sites for hydroxylation is 1. The number of hydrogen-bond donors (Lipinski definition) is 1. The number of anilines is 1. The smallest absolute Gasteiger partial charge is 0.294 e. The number of amides is 3. The van der Waals surface area contributed by atoms with Crippen LogP contribution in [0.3, 0.4) is 0 Å². The molecule has 2 aromatic rings. The van der Waals surface area contributed by atoms with Crippen LogP contribution in [-0.2, 0) is 9.59 Å². The maximum Gasteiger partial charge on any atom is 0.294 e. The molecule has 28 heavy (non-hydrogen) atoms. The fraction of sp³-hybridized carbons (Fsp3) is 0.158. The Morgan fingerprint density at radius 2 is 2.07 bits per heavy atom. The molecule has 0 saturated carbocycles. The third-order valence-corrected chi connectivity index (χ3v) is 4.93. The summed E-state index contributed by atoms with van der Waals surface area (Å²) in [5.74, 6) is 0.117. The maximum atomic E-state index is 12.5. The average molecular weight is 397 g/mol. The average Bonchev–Trinajstić information content (AvgIpc) is 3.21. The molecule has 9 heteroatoms. The van der Waals surface area contributed by atoms with Crippen molar-refractivity contribution in [1.29, 1.82) is 0 Å². The van der Waals surface area contributed by atoms with Gasteiger partial charge in [-0.3, -0.25) is 24.3 Å².